The maximum absolute atomic E-state index is 10.1. The fourth-order valence-electron chi connectivity index (χ4n) is 1.60. The highest BCUT2D eigenvalue weighted by molar-refractivity contribution is 5.27. The largest absolute Gasteiger partial charge is 0.396 e. The molecule has 0 fully saturated rings. The van der Waals surface area contributed by atoms with Crippen molar-refractivity contribution in [2.24, 2.45) is 5.41 Å². The van der Waals surface area contributed by atoms with Gasteiger partial charge in [0.05, 0.1) is 12.7 Å². The second-order valence-electron chi connectivity index (χ2n) is 5.37. The highest BCUT2D eigenvalue weighted by Crippen LogP contribution is 2.33. The van der Waals surface area contributed by atoms with Crippen molar-refractivity contribution in [1.82, 2.24) is 0 Å². The zero-order valence-electron chi connectivity index (χ0n) is 10.6. The molecule has 1 aromatic carbocycles. The quantitative estimate of drug-likeness (QED) is 0.822. The van der Waals surface area contributed by atoms with Crippen LogP contribution >= 0.6 is 0 Å². The van der Waals surface area contributed by atoms with Gasteiger partial charge in [-0.3, -0.25) is 0 Å². The van der Waals surface area contributed by atoms with Gasteiger partial charge < -0.3 is 10.2 Å². The molecule has 0 heterocycles. The zero-order chi connectivity index (χ0) is 12.3. The van der Waals surface area contributed by atoms with Crippen LogP contribution in [-0.2, 0) is 0 Å². The maximum Gasteiger partial charge on any atom is 0.0862 e. The van der Waals surface area contributed by atoms with E-state index in [4.69, 9.17) is 0 Å². The van der Waals surface area contributed by atoms with Gasteiger partial charge in [0.1, 0.15) is 0 Å². The molecule has 0 spiro atoms. The van der Waals surface area contributed by atoms with Gasteiger partial charge in [0.15, 0.2) is 0 Å². The third-order valence-electron chi connectivity index (χ3n) is 3.07. The first kappa shape index (κ1) is 13.2. The molecule has 0 aliphatic rings. The molecule has 2 N–H and O–H groups in total. The number of hydrogen-bond acceptors (Lipinski definition) is 2. The van der Waals surface area contributed by atoms with Crippen LogP contribution in [0.2, 0.25) is 0 Å². The van der Waals surface area contributed by atoms with E-state index in [0.29, 0.717) is 5.92 Å². The molecule has 0 radical (unpaired) electrons. The van der Waals surface area contributed by atoms with Crippen molar-refractivity contribution in [2.45, 2.75) is 39.7 Å². The van der Waals surface area contributed by atoms with Crippen LogP contribution in [0, 0.1) is 5.41 Å². The molecular formula is C14H22O2. The lowest BCUT2D eigenvalue weighted by Crippen LogP contribution is -2.26. The Balaban J connectivity index is 2.90. The molecule has 1 unspecified atom stereocenters. The first-order chi connectivity index (χ1) is 7.38. The molecule has 1 atom stereocenters. The van der Waals surface area contributed by atoms with Gasteiger partial charge in [-0.1, -0.05) is 52.0 Å². The minimum Gasteiger partial charge on any atom is -0.396 e. The fraction of sp³-hybridized carbons (Fsp3) is 0.571. The lowest BCUT2D eigenvalue weighted by atomic mass is 9.83. The zero-order valence-corrected chi connectivity index (χ0v) is 10.6. The van der Waals surface area contributed by atoms with E-state index in [-0.39, 0.29) is 6.61 Å². The van der Waals surface area contributed by atoms with Crippen molar-refractivity contribution in [3.05, 3.63) is 35.4 Å². The van der Waals surface area contributed by atoms with Crippen molar-refractivity contribution in [3.8, 4) is 0 Å². The molecule has 16 heavy (non-hydrogen) atoms. The first-order valence-electron chi connectivity index (χ1n) is 5.77. The molecule has 90 valence electrons. The van der Waals surface area contributed by atoms with E-state index in [9.17, 15) is 10.2 Å². The summed E-state index contributed by atoms with van der Waals surface area (Å²) in [5, 5.41) is 19.3. The molecule has 0 aliphatic carbocycles. The molecule has 1 aromatic rings. The second-order valence-corrected chi connectivity index (χ2v) is 5.37. The number of rotatable bonds is 4. The van der Waals surface area contributed by atoms with Crippen LogP contribution in [0.4, 0.5) is 0 Å². The maximum atomic E-state index is 10.1. The number of aliphatic hydroxyl groups is 2. The topological polar surface area (TPSA) is 40.5 Å². The van der Waals surface area contributed by atoms with E-state index in [0.717, 1.165) is 5.56 Å². The molecular weight excluding hydrogens is 200 g/mol. The summed E-state index contributed by atoms with van der Waals surface area (Å²) in [6, 6.07) is 7.96. The minimum atomic E-state index is -0.626. The Morgan fingerprint density at radius 1 is 1.06 bits per heavy atom. The Bertz CT molecular complexity index is 325. The van der Waals surface area contributed by atoms with Crippen molar-refractivity contribution < 1.29 is 10.2 Å². The highest BCUT2D eigenvalue weighted by Gasteiger charge is 2.28. The first-order valence-corrected chi connectivity index (χ1v) is 5.77. The Hall–Kier alpha value is -0.860. The number of hydrogen-bond donors (Lipinski definition) is 2. The lowest BCUT2D eigenvalue weighted by molar-refractivity contribution is 0.00637. The van der Waals surface area contributed by atoms with Crippen LogP contribution in [0.15, 0.2) is 24.3 Å². The molecule has 0 saturated carbocycles. The van der Waals surface area contributed by atoms with Crippen LogP contribution < -0.4 is 0 Å². The smallest absolute Gasteiger partial charge is 0.0862 e. The van der Waals surface area contributed by atoms with Gasteiger partial charge in [0.2, 0.25) is 0 Å². The molecule has 0 amide bonds. The van der Waals surface area contributed by atoms with E-state index < -0.39 is 11.5 Å². The minimum absolute atomic E-state index is 0.0277. The monoisotopic (exact) mass is 222 g/mol. The van der Waals surface area contributed by atoms with E-state index in [1.807, 2.05) is 38.1 Å². The van der Waals surface area contributed by atoms with Gasteiger partial charge in [0.25, 0.3) is 0 Å². The van der Waals surface area contributed by atoms with Gasteiger partial charge in [-0.2, -0.15) is 0 Å². The summed E-state index contributed by atoms with van der Waals surface area (Å²) in [7, 11) is 0. The molecule has 0 bridgehead atoms. The highest BCUT2D eigenvalue weighted by atomic mass is 16.3. The van der Waals surface area contributed by atoms with Crippen LogP contribution in [0.1, 0.15) is 50.8 Å². The summed E-state index contributed by atoms with van der Waals surface area (Å²) in [6.45, 7) is 7.97. The third-order valence-corrected chi connectivity index (χ3v) is 3.07. The second kappa shape index (κ2) is 4.98. The van der Waals surface area contributed by atoms with Crippen molar-refractivity contribution in [1.29, 1.82) is 0 Å². The van der Waals surface area contributed by atoms with E-state index in [1.54, 1.807) is 0 Å². The van der Waals surface area contributed by atoms with Crippen molar-refractivity contribution >= 4 is 0 Å². The normalized spacial score (nSPS) is 14.2. The van der Waals surface area contributed by atoms with Gasteiger partial charge in [0, 0.05) is 5.41 Å². The molecule has 0 saturated heterocycles. The van der Waals surface area contributed by atoms with Crippen molar-refractivity contribution in [3.63, 3.8) is 0 Å². The Morgan fingerprint density at radius 3 is 1.88 bits per heavy atom. The fourth-order valence-corrected chi connectivity index (χ4v) is 1.60. The molecule has 1 rings (SSSR count). The molecule has 2 heteroatoms. The SMILES string of the molecule is CC(C)c1ccc(C(O)C(C)(C)CO)cc1. The summed E-state index contributed by atoms with van der Waals surface area (Å²) in [6.07, 6.45) is -0.626. The summed E-state index contributed by atoms with van der Waals surface area (Å²) < 4.78 is 0. The van der Waals surface area contributed by atoms with Crippen LogP contribution in [0.3, 0.4) is 0 Å². The molecule has 0 aromatic heterocycles. The predicted octanol–water partition coefficient (Wildman–Crippen LogP) is 2.86. The van der Waals surface area contributed by atoms with Gasteiger partial charge >= 0.3 is 0 Å². The van der Waals surface area contributed by atoms with Gasteiger partial charge in [-0.15, -0.1) is 0 Å². The summed E-state index contributed by atoms with van der Waals surface area (Å²) in [5.74, 6) is 0.497. The van der Waals surface area contributed by atoms with Crippen LogP contribution in [-0.4, -0.2) is 16.8 Å². The van der Waals surface area contributed by atoms with Crippen LogP contribution in [0.25, 0.3) is 0 Å². The summed E-state index contributed by atoms with van der Waals surface area (Å²) in [4.78, 5) is 0. The summed E-state index contributed by atoms with van der Waals surface area (Å²) >= 11 is 0. The van der Waals surface area contributed by atoms with Gasteiger partial charge in [-0.25, -0.2) is 0 Å². The number of aliphatic hydroxyl groups excluding tert-OH is 2. The Morgan fingerprint density at radius 2 is 1.50 bits per heavy atom. The Kier molecular flexibility index (Phi) is 4.11. The average molecular weight is 222 g/mol. The van der Waals surface area contributed by atoms with Gasteiger partial charge in [-0.05, 0) is 17.0 Å². The predicted molar refractivity (Wildman–Crippen MR) is 66.4 cm³/mol. The average Bonchev–Trinajstić information content (AvgIpc) is 2.28. The molecule has 2 nitrogen and oxygen atoms in total. The van der Waals surface area contributed by atoms with E-state index in [1.165, 1.54) is 5.56 Å². The third kappa shape index (κ3) is 2.83. The summed E-state index contributed by atoms with van der Waals surface area (Å²) in [5.41, 5.74) is 1.63. The van der Waals surface area contributed by atoms with E-state index >= 15 is 0 Å². The lowest BCUT2D eigenvalue weighted by Gasteiger charge is -2.28. The van der Waals surface area contributed by atoms with E-state index in [2.05, 4.69) is 13.8 Å². The Labute approximate surface area is 97.9 Å². The van der Waals surface area contributed by atoms with Crippen LogP contribution in [0.5, 0.6) is 0 Å². The standard InChI is InChI=1S/C14H22O2/c1-10(2)11-5-7-12(8-6-11)13(16)14(3,4)9-15/h5-8,10,13,15-16H,9H2,1-4H3. The number of benzene rings is 1. The van der Waals surface area contributed by atoms with Crippen molar-refractivity contribution in [2.75, 3.05) is 6.61 Å². The molecule has 0 aliphatic heterocycles.